The molecule has 0 fully saturated rings. The van der Waals surface area contributed by atoms with Crippen molar-refractivity contribution in [2.45, 2.75) is 39.7 Å². The highest BCUT2D eigenvalue weighted by Gasteiger charge is 2.25. The molecule has 0 saturated heterocycles. The van der Waals surface area contributed by atoms with Crippen molar-refractivity contribution in [3.8, 4) is 0 Å². The predicted molar refractivity (Wildman–Crippen MR) is 146 cm³/mol. The van der Waals surface area contributed by atoms with Crippen LogP contribution >= 0.6 is 11.3 Å². The van der Waals surface area contributed by atoms with Crippen LogP contribution in [0.3, 0.4) is 0 Å². The molecule has 36 heavy (non-hydrogen) atoms. The van der Waals surface area contributed by atoms with Gasteiger partial charge in [-0.15, -0.1) is 11.3 Å². The van der Waals surface area contributed by atoms with Crippen molar-refractivity contribution in [3.63, 3.8) is 0 Å². The van der Waals surface area contributed by atoms with Crippen LogP contribution in [-0.2, 0) is 17.8 Å². The maximum atomic E-state index is 13.7. The molecule has 2 aromatic carbocycles. The number of para-hydroxylation sites is 1. The monoisotopic (exact) mass is 504 g/mol. The molecule has 0 aliphatic carbocycles. The zero-order valence-electron chi connectivity index (χ0n) is 21.5. The van der Waals surface area contributed by atoms with Gasteiger partial charge in [-0.25, -0.2) is 4.98 Å². The van der Waals surface area contributed by atoms with Crippen LogP contribution in [0.25, 0.3) is 0 Å². The lowest BCUT2D eigenvalue weighted by atomic mass is 10.1. The van der Waals surface area contributed by atoms with Crippen LogP contribution < -0.4 is 4.90 Å². The second-order valence-electron chi connectivity index (χ2n) is 9.94. The molecule has 6 nitrogen and oxygen atoms in total. The number of rotatable bonds is 5. The van der Waals surface area contributed by atoms with Crippen LogP contribution in [-0.4, -0.2) is 59.8 Å². The molecule has 7 heteroatoms. The fraction of sp³-hybridized carbons (Fsp3) is 0.414. The van der Waals surface area contributed by atoms with Crippen LogP contribution in [0.2, 0.25) is 0 Å². The number of amides is 2. The minimum Gasteiger partial charge on any atom is -0.332 e. The molecule has 0 atom stereocenters. The van der Waals surface area contributed by atoms with Gasteiger partial charge in [0.25, 0.3) is 5.91 Å². The van der Waals surface area contributed by atoms with Crippen LogP contribution in [0.4, 0.5) is 5.69 Å². The number of anilines is 1. The average molecular weight is 505 g/mol. The van der Waals surface area contributed by atoms with Crippen molar-refractivity contribution < 1.29 is 9.59 Å². The summed E-state index contributed by atoms with van der Waals surface area (Å²) < 4.78 is 0. The van der Waals surface area contributed by atoms with Crippen LogP contribution in [0.5, 0.6) is 0 Å². The highest BCUT2D eigenvalue weighted by Crippen LogP contribution is 2.26. The molecule has 0 saturated carbocycles. The summed E-state index contributed by atoms with van der Waals surface area (Å²) >= 11 is 1.53. The zero-order chi connectivity index (χ0) is 25.5. The number of nitrogens with zero attached hydrogens (tertiary/aromatic N) is 4. The summed E-state index contributed by atoms with van der Waals surface area (Å²) in [6.45, 7) is 7.52. The molecule has 1 aromatic heterocycles. The third-order valence-corrected chi connectivity index (χ3v) is 7.31. The van der Waals surface area contributed by atoms with Crippen molar-refractivity contribution in [1.29, 1.82) is 0 Å². The van der Waals surface area contributed by atoms with Gasteiger partial charge in [-0.2, -0.15) is 0 Å². The van der Waals surface area contributed by atoms with E-state index in [1.807, 2.05) is 57.6 Å². The maximum Gasteiger partial charge on any atom is 0.273 e. The Kier molecular flexibility index (Phi) is 8.88. The van der Waals surface area contributed by atoms with Gasteiger partial charge in [-0.3, -0.25) is 9.59 Å². The second kappa shape index (κ2) is 12.3. The van der Waals surface area contributed by atoms with E-state index in [0.29, 0.717) is 37.7 Å². The Hall–Kier alpha value is -3.03. The van der Waals surface area contributed by atoms with Crippen molar-refractivity contribution in [1.82, 2.24) is 14.8 Å². The summed E-state index contributed by atoms with van der Waals surface area (Å²) in [7, 11) is 2.08. The number of hydrogen-bond acceptors (Lipinski definition) is 5. The molecule has 0 radical (unpaired) electrons. The Balaban J connectivity index is 1.60. The topological polar surface area (TPSA) is 56.8 Å². The van der Waals surface area contributed by atoms with Crippen molar-refractivity contribution in [3.05, 3.63) is 81.8 Å². The quantitative estimate of drug-likeness (QED) is 0.486. The lowest BCUT2D eigenvalue weighted by Gasteiger charge is -2.28. The summed E-state index contributed by atoms with van der Waals surface area (Å²) in [6, 6.07) is 18.2. The molecule has 0 spiro atoms. The molecular formula is C29H36N4O2S. The van der Waals surface area contributed by atoms with Gasteiger partial charge in [-0.05, 0) is 43.1 Å². The number of carbonyl (C=O) groups excluding carboxylic acids is 2. The lowest BCUT2D eigenvalue weighted by Crippen LogP contribution is -2.37. The van der Waals surface area contributed by atoms with Gasteiger partial charge in [0.05, 0.1) is 5.01 Å². The van der Waals surface area contributed by atoms with Crippen molar-refractivity contribution >= 4 is 28.8 Å². The first-order valence-electron chi connectivity index (χ1n) is 12.7. The summed E-state index contributed by atoms with van der Waals surface area (Å²) in [4.78, 5) is 37.6. The lowest BCUT2D eigenvalue weighted by molar-refractivity contribution is -0.119. The van der Waals surface area contributed by atoms with E-state index < -0.39 is 0 Å². The number of hydrogen-bond donors (Lipinski definition) is 0. The van der Waals surface area contributed by atoms with E-state index in [-0.39, 0.29) is 11.8 Å². The van der Waals surface area contributed by atoms with Crippen molar-refractivity contribution in [2.24, 2.45) is 5.92 Å². The first-order chi connectivity index (χ1) is 17.4. The standard InChI is InChI=1S/C29H36N4O2S/c1-22(2)18-28(34)33-15-9-14-31(3)16-17-32(20-24-12-7-8-13-26(24)33)29(35)25-21-36-27(30-25)19-23-10-5-4-6-11-23/h4-8,10-13,21-22H,9,14-20H2,1-3H3. The van der Waals surface area contributed by atoms with Gasteiger partial charge in [0.2, 0.25) is 5.91 Å². The first kappa shape index (κ1) is 26.0. The molecule has 0 bridgehead atoms. The first-order valence-corrected chi connectivity index (χ1v) is 13.6. The summed E-state index contributed by atoms with van der Waals surface area (Å²) in [5, 5.41) is 2.81. The SMILES string of the molecule is CC(C)CC(=O)N1CCCN(C)CCN(C(=O)c2csc(Cc3ccccc3)n2)Cc2ccccc21. The summed E-state index contributed by atoms with van der Waals surface area (Å²) in [6.07, 6.45) is 2.12. The largest absolute Gasteiger partial charge is 0.332 e. The van der Waals surface area contributed by atoms with E-state index >= 15 is 0 Å². The molecule has 2 amide bonds. The van der Waals surface area contributed by atoms with Gasteiger partial charge in [0.15, 0.2) is 0 Å². The third-order valence-electron chi connectivity index (χ3n) is 6.46. The number of benzene rings is 2. The maximum absolute atomic E-state index is 13.7. The van der Waals surface area contributed by atoms with Crippen LogP contribution in [0.1, 0.15) is 53.3 Å². The number of carbonyl (C=O) groups is 2. The van der Waals surface area contributed by atoms with E-state index in [1.54, 1.807) is 0 Å². The Morgan fingerprint density at radius 1 is 0.972 bits per heavy atom. The van der Waals surface area contributed by atoms with Crippen LogP contribution in [0, 0.1) is 5.92 Å². The van der Waals surface area contributed by atoms with Gasteiger partial charge < -0.3 is 14.7 Å². The van der Waals surface area contributed by atoms with Gasteiger partial charge >= 0.3 is 0 Å². The molecule has 2 heterocycles. The summed E-state index contributed by atoms with van der Waals surface area (Å²) in [5.74, 6) is 0.369. The zero-order valence-corrected chi connectivity index (χ0v) is 22.3. The Bertz CT molecular complexity index is 1160. The Morgan fingerprint density at radius 2 is 1.72 bits per heavy atom. The molecule has 1 aliphatic heterocycles. The molecular weight excluding hydrogens is 468 g/mol. The Labute approximate surface area is 218 Å². The van der Waals surface area contributed by atoms with Gasteiger partial charge in [0.1, 0.15) is 5.69 Å². The smallest absolute Gasteiger partial charge is 0.273 e. The minimum atomic E-state index is -0.0620. The fourth-order valence-corrected chi connectivity index (χ4v) is 5.33. The number of aromatic nitrogens is 1. The molecule has 0 N–H and O–H groups in total. The van der Waals surface area contributed by atoms with E-state index in [2.05, 4.69) is 37.9 Å². The van der Waals surface area contributed by atoms with Crippen molar-refractivity contribution in [2.75, 3.05) is 38.1 Å². The molecule has 1 aliphatic rings. The minimum absolute atomic E-state index is 0.0620. The fourth-order valence-electron chi connectivity index (χ4n) is 4.53. The second-order valence-corrected chi connectivity index (χ2v) is 10.9. The molecule has 0 unspecified atom stereocenters. The molecule has 3 aromatic rings. The number of likely N-dealkylation sites (N-methyl/N-ethyl adjacent to an activating group) is 1. The van der Waals surface area contributed by atoms with Crippen LogP contribution in [0.15, 0.2) is 60.0 Å². The van der Waals surface area contributed by atoms with E-state index in [0.717, 1.165) is 42.2 Å². The highest BCUT2D eigenvalue weighted by molar-refractivity contribution is 7.09. The van der Waals surface area contributed by atoms with E-state index in [4.69, 9.17) is 4.98 Å². The van der Waals surface area contributed by atoms with Gasteiger partial charge in [0, 0.05) is 50.1 Å². The van der Waals surface area contributed by atoms with Gasteiger partial charge in [-0.1, -0.05) is 62.4 Å². The molecule has 190 valence electrons. The number of fused-ring (bicyclic) bond motifs is 1. The third kappa shape index (κ3) is 6.80. The highest BCUT2D eigenvalue weighted by atomic mass is 32.1. The summed E-state index contributed by atoms with van der Waals surface area (Å²) in [5.41, 5.74) is 3.58. The number of thiazole rings is 1. The van der Waals surface area contributed by atoms with E-state index in [9.17, 15) is 9.59 Å². The van der Waals surface area contributed by atoms with E-state index in [1.165, 1.54) is 16.9 Å². The predicted octanol–water partition coefficient (Wildman–Crippen LogP) is 5.09. The Morgan fingerprint density at radius 3 is 2.50 bits per heavy atom. The molecule has 4 rings (SSSR count). The average Bonchev–Trinajstić information content (AvgIpc) is 3.31. The normalized spacial score (nSPS) is 15.4.